The minimum atomic E-state index is -0.230. The first-order chi connectivity index (χ1) is 16.1. The largest absolute Gasteiger partial charge is 0.456 e. The van der Waals surface area contributed by atoms with Gasteiger partial charge in [-0.2, -0.15) is 0 Å². The summed E-state index contributed by atoms with van der Waals surface area (Å²) in [6, 6.07) is 8.22. The molecule has 2 N–H and O–H groups in total. The number of hydrogen-bond acceptors (Lipinski definition) is 3. The third-order valence-electron chi connectivity index (χ3n) is 8.46. The number of rotatable bonds is 7. The maximum absolute atomic E-state index is 12.8. The highest BCUT2D eigenvalue weighted by Crippen LogP contribution is 2.46. The monoisotopic (exact) mass is 465 g/mol. The van der Waals surface area contributed by atoms with Crippen molar-refractivity contribution in [3.63, 3.8) is 0 Å². The molecule has 1 amide bonds. The lowest BCUT2D eigenvalue weighted by atomic mass is 9.62. The van der Waals surface area contributed by atoms with E-state index >= 15 is 0 Å². The second-order valence-electron chi connectivity index (χ2n) is 12.1. The van der Waals surface area contributed by atoms with E-state index in [0.29, 0.717) is 18.1 Å². The molecule has 4 nitrogen and oxygen atoms in total. The fraction of sp³-hybridized carbons (Fsp3) is 0.633. The van der Waals surface area contributed by atoms with E-state index in [0.717, 1.165) is 12.2 Å². The topological polar surface area (TPSA) is 62.5 Å². The van der Waals surface area contributed by atoms with E-state index in [1.54, 1.807) is 6.07 Å². The molecule has 34 heavy (non-hydrogen) atoms. The summed E-state index contributed by atoms with van der Waals surface area (Å²) in [5, 5.41) is 12.8. The number of aliphatic hydroxyl groups excluding tert-OH is 1. The van der Waals surface area contributed by atoms with Gasteiger partial charge in [0.05, 0.1) is 12.6 Å². The third-order valence-corrected chi connectivity index (χ3v) is 8.46. The van der Waals surface area contributed by atoms with E-state index < -0.39 is 0 Å². The van der Waals surface area contributed by atoms with Gasteiger partial charge in [-0.3, -0.25) is 4.79 Å². The minimum absolute atomic E-state index is 0.0315. The van der Waals surface area contributed by atoms with E-state index in [-0.39, 0.29) is 29.4 Å². The Hall–Kier alpha value is -2.07. The van der Waals surface area contributed by atoms with Crippen molar-refractivity contribution in [1.29, 1.82) is 0 Å². The fourth-order valence-electron chi connectivity index (χ4n) is 6.00. The molecule has 1 unspecified atom stereocenters. The van der Waals surface area contributed by atoms with Gasteiger partial charge in [-0.15, -0.1) is 0 Å². The molecule has 2 aliphatic carbocycles. The number of carbonyl (C=O) groups excluding carboxylic acids is 1. The van der Waals surface area contributed by atoms with Gasteiger partial charge in [0.1, 0.15) is 5.76 Å². The minimum Gasteiger partial charge on any atom is -0.456 e. The normalized spacial score (nSPS) is 20.5. The maximum Gasteiger partial charge on any atom is 0.287 e. The second kappa shape index (κ2) is 9.89. The fourth-order valence-corrected chi connectivity index (χ4v) is 6.00. The van der Waals surface area contributed by atoms with Crippen molar-refractivity contribution in [2.75, 3.05) is 6.61 Å². The second-order valence-corrected chi connectivity index (χ2v) is 12.1. The quantitative estimate of drug-likeness (QED) is 0.485. The molecule has 0 bridgehead atoms. The molecule has 4 heteroatoms. The Labute approximate surface area is 205 Å². The number of aliphatic hydroxyl groups is 1. The number of carbonyl (C=O) groups is 1. The van der Waals surface area contributed by atoms with Crippen molar-refractivity contribution in [1.82, 2.24) is 5.32 Å². The summed E-state index contributed by atoms with van der Waals surface area (Å²) in [6.07, 6.45) is 10.1. The van der Waals surface area contributed by atoms with Gasteiger partial charge in [0.15, 0.2) is 5.76 Å². The number of nitrogens with one attached hydrogen (secondary N) is 1. The van der Waals surface area contributed by atoms with Crippen LogP contribution in [-0.2, 0) is 17.3 Å². The number of hydrogen-bond donors (Lipinski definition) is 2. The third kappa shape index (κ3) is 5.43. The maximum atomic E-state index is 12.8. The predicted molar refractivity (Wildman–Crippen MR) is 138 cm³/mol. The Balaban J connectivity index is 1.46. The van der Waals surface area contributed by atoms with Crippen molar-refractivity contribution < 1.29 is 14.3 Å². The molecule has 2 aromatic rings. The van der Waals surface area contributed by atoms with Gasteiger partial charge >= 0.3 is 0 Å². The van der Waals surface area contributed by atoms with Crippen LogP contribution < -0.4 is 5.32 Å². The standard InChI is InChI=1S/C30H43NO3/c1-20-15-25-26(30(4,5)14-13-29(25,2)3)18-22(20)17-24-11-12-27(34-24)28(33)31-23(19-32)16-21-9-7-6-8-10-21/h11-12,15,18,21,23,32H,6-10,13-14,16-17,19H2,1-5H3,(H,31,33). The lowest BCUT2D eigenvalue weighted by Crippen LogP contribution is -2.39. The SMILES string of the molecule is Cc1cc2c(cc1Cc1ccc(C(=O)NC(CO)CC3CCCCC3)o1)C(C)(C)CCC2(C)C. The zero-order valence-corrected chi connectivity index (χ0v) is 21.8. The molecule has 0 aliphatic heterocycles. The van der Waals surface area contributed by atoms with E-state index in [4.69, 9.17) is 4.42 Å². The lowest BCUT2D eigenvalue weighted by molar-refractivity contribution is 0.0872. The molecule has 0 saturated heterocycles. The number of furan rings is 1. The van der Waals surface area contributed by atoms with E-state index in [1.807, 2.05) is 6.07 Å². The summed E-state index contributed by atoms with van der Waals surface area (Å²) in [4.78, 5) is 12.8. The molecular weight excluding hydrogens is 422 g/mol. The van der Waals surface area contributed by atoms with Crippen LogP contribution in [0.5, 0.6) is 0 Å². The molecule has 1 heterocycles. The van der Waals surface area contributed by atoms with E-state index in [1.165, 1.54) is 67.2 Å². The number of benzene rings is 1. The van der Waals surface area contributed by atoms with Gasteiger partial charge < -0.3 is 14.8 Å². The van der Waals surface area contributed by atoms with E-state index in [9.17, 15) is 9.90 Å². The molecule has 0 radical (unpaired) electrons. The Bertz CT molecular complexity index is 1010. The Morgan fingerprint density at radius 1 is 1.06 bits per heavy atom. The number of fused-ring (bicyclic) bond motifs is 1. The lowest BCUT2D eigenvalue weighted by Gasteiger charge is -2.42. The Morgan fingerprint density at radius 2 is 1.71 bits per heavy atom. The molecule has 4 rings (SSSR count). The van der Waals surface area contributed by atoms with Gasteiger partial charge in [0.2, 0.25) is 0 Å². The molecule has 1 atom stereocenters. The molecule has 0 spiro atoms. The van der Waals surface area contributed by atoms with Crippen molar-refractivity contribution in [3.05, 3.63) is 58.0 Å². The van der Waals surface area contributed by atoms with Crippen molar-refractivity contribution in [3.8, 4) is 0 Å². The highest BCUT2D eigenvalue weighted by atomic mass is 16.3. The van der Waals surface area contributed by atoms with Crippen LogP contribution in [0.25, 0.3) is 0 Å². The van der Waals surface area contributed by atoms with Crippen LogP contribution in [0.15, 0.2) is 28.7 Å². The first-order valence-electron chi connectivity index (χ1n) is 13.2. The zero-order chi connectivity index (χ0) is 24.5. The molecule has 1 aromatic carbocycles. The van der Waals surface area contributed by atoms with E-state index in [2.05, 4.69) is 52.1 Å². The summed E-state index contributed by atoms with van der Waals surface area (Å²) < 4.78 is 5.98. The van der Waals surface area contributed by atoms with Gasteiger partial charge in [0.25, 0.3) is 5.91 Å². The van der Waals surface area contributed by atoms with Crippen LogP contribution >= 0.6 is 0 Å². The van der Waals surface area contributed by atoms with Crippen LogP contribution in [0, 0.1) is 12.8 Å². The summed E-state index contributed by atoms with van der Waals surface area (Å²) in [6.45, 7) is 11.6. The van der Waals surface area contributed by atoms with Gasteiger partial charge in [-0.25, -0.2) is 0 Å². The van der Waals surface area contributed by atoms with Crippen molar-refractivity contribution in [2.24, 2.45) is 5.92 Å². The van der Waals surface area contributed by atoms with Crippen LogP contribution in [-0.4, -0.2) is 23.7 Å². The molecule has 1 saturated carbocycles. The van der Waals surface area contributed by atoms with Crippen LogP contribution in [0.1, 0.15) is 118 Å². The van der Waals surface area contributed by atoms with Gasteiger partial charge in [0, 0.05) is 6.42 Å². The summed E-state index contributed by atoms with van der Waals surface area (Å²) >= 11 is 0. The van der Waals surface area contributed by atoms with Crippen molar-refractivity contribution in [2.45, 2.75) is 109 Å². The van der Waals surface area contributed by atoms with Gasteiger partial charge in [-0.1, -0.05) is 71.9 Å². The average Bonchev–Trinajstić information content (AvgIpc) is 3.27. The summed E-state index contributed by atoms with van der Waals surface area (Å²) in [5.41, 5.74) is 5.82. The highest BCUT2D eigenvalue weighted by molar-refractivity contribution is 5.91. The van der Waals surface area contributed by atoms with Gasteiger partial charge in [-0.05, 0) is 77.3 Å². The first kappa shape index (κ1) is 25.0. The van der Waals surface area contributed by atoms with Crippen LogP contribution in [0.4, 0.5) is 0 Å². The number of aryl methyl sites for hydroxylation is 1. The molecular formula is C30H43NO3. The predicted octanol–water partition coefficient (Wildman–Crippen LogP) is 6.59. The molecule has 186 valence electrons. The van der Waals surface area contributed by atoms with Crippen LogP contribution in [0.2, 0.25) is 0 Å². The smallest absolute Gasteiger partial charge is 0.287 e. The summed E-state index contributed by atoms with van der Waals surface area (Å²) in [7, 11) is 0. The summed E-state index contributed by atoms with van der Waals surface area (Å²) in [5.74, 6) is 1.49. The first-order valence-corrected chi connectivity index (χ1v) is 13.2. The number of amides is 1. The highest BCUT2D eigenvalue weighted by Gasteiger charge is 2.37. The molecule has 1 aromatic heterocycles. The molecule has 1 fully saturated rings. The average molecular weight is 466 g/mol. The van der Waals surface area contributed by atoms with Crippen LogP contribution in [0.3, 0.4) is 0 Å². The zero-order valence-electron chi connectivity index (χ0n) is 21.8. The Kier molecular flexibility index (Phi) is 7.28. The van der Waals surface area contributed by atoms with Crippen molar-refractivity contribution >= 4 is 5.91 Å². The Morgan fingerprint density at radius 3 is 2.35 bits per heavy atom. The molecule has 2 aliphatic rings.